The van der Waals surface area contributed by atoms with E-state index in [1.165, 1.54) is 28.8 Å². The van der Waals surface area contributed by atoms with E-state index in [-0.39, 0.29) is 30.2 Å². The molecule has 3 N–H and O–H groups in total. The minimum atomic E-state index is -0.648. The maximum atomic E-state index is 12.5. The van der Waals surface area contributed by atoms with Crippen LogP contribution in [0.5, 0.6) is 5.75 Å². The molecule has 0 bridgehead atoms. The highest BCUT2D eigenvalue weighted by Gasteiger charge is 2.31. The molecule has 0 unspecified atom stereocenters. The van der Waals surface area contributed by atoms with Crippen molar-refractivity contribution in [1.29, 1.82) is 0 Å². The molecule has 0 aromatic heterocycles. The van der Waals surface area contributed by atoms with Crippen LogP contribution in [0, 0.1) is 0 Å². The summed E-state index contributed by atoms with van der Waals surface area (Å²) < 4.78 is 0.371. The highest BCUT2D eigenvalue weighted by molar-refractivity contribution is 8.26. The van der Waals surface area contributed by atoms with Gasteiger partial charge in [0.25, 0.3) is 11.8 Å². The molecular weight excluding hydrogens is 434 g/mol. The van der Waals surface area contributed by atoms with Gasteiger partial charge < -0.3 is 5.11 Å². The van der Waals surface area contributed by atoms with Gasteiger partial charge in [0.15, 0.2) is 0 Å². The van der Waals surface area contributed by atoms with Gasteiger partial charge in [-0.3, -0.25) is 30.1 Å². The predicted molar refractivity (Wildman–Crippen MR) is 124 cm³/mol. The van der Waals surface area contributed by atoms with Crippen LogP contribution < -0.4 is 10.9 Å². The number of hydrogen-bond donors (Lipinski definition) is 3. The molecule has 3 amide bonds. The number of carbonyl (C=O) groups excluding carboxylic acids is 3. The number of thioether (sulfide) groups is 1. The normalized spacial score (nSPS) is 15.0. The van der Waals surface area contributed by atoms with Gasteiger partial charge >= 0.3 is 0 Å². The van der Waals surface area contributed by atoms with Gasteiger partial charge in [-0.25, -0.2) is 0 Å². The molecule has 1 aliphatic heterocycles. The SMILES string of the molecule is O=C(CCN1C(=O)C(=CC=Cc2ccccc2)SC1=S)NNC(=O)c1ccccc1O. The summed E-state index contributed by atoms with van der Waals surface area (Å²) in [4.78, 5) is 38.4. The Hall–Kier alpha value is -3.43. The number of benzene rings is 2. The first-order valence-corrected chi connectivity index (χ1v) is 10.5. The van der Waals surface area contributed by atoms with Crippen molar-refractivity contribution in [2.45, 2.75) is 6.42 Å². The third kappa shape index (κ3) is 6.03. The molecular formula is C22H19N3O4S2. The van der Waals surface area contributed by atoms with Crippen LogP contribution in [0.3, 0.4) is 0 Å². The molecule has 31 heavy (non-hydrogen) atoms. The molecule has 2 aromatic rings. The summed E-state index contributed by atoms with van der Waals surface area (Å²) in [5.74, 6) is -1.60. The van der Waals surface area contributed by atoms with Crippen molar-refractivity contribution in [2.75, 3.05) is 6.54 Å². The third-order valence-corrected chi connectivity index (χ3v) is 5.63. The second kappa shape index (κ2) is 10.6. The van der Waals surface area contributed by atoms with Crippen molar-refractivity contribution in [1.82, 2.24) is 15.8 Å². The van der Waals surface area contributed by atoms with Crippen molar-refractivity contribution in [3.63, 3.8) is 0 Å². The van der Waals surface area contributed by atoms with Crippen molar-refractivity contribution in [3.8, 4) is 5.75 Å². The highest BCUT2D eigenvalue weighted by atomic mass is 32.2. The highest BCUT2D eigenvalue weighted by Crippen LogP contribution is 2.31. The van der Waals surface area contributed by atoms with Crippen LogP contribution in [-0.2, 0) is 9.59 Å². The van der Waals surface area contributed by atoms with Gasteiger partial charge in [-0.05, 0) is 23.8 Å². The van der Waals surface area contributed by atoms with E-state index in [1.807, 2.05) is 36.4 Å². The van der Waals surface area contributed by atoms with E-state index in [0.717, 1.165) is 5.56 Å². The van der Waals surface area contributed by atoms with E-state index in [9.17, 15) is 19.5 Å². The quantitative estimate of drug-likeness (QED) is 0.353. The summed E-state index contributed by atoms with van der Waals surface area (Å²) in [6.07, 6.45) is 5.30. The monoisotopic (exact) mass is 453 g/mol. The number of rotatable bonds is 6. The van der Waals surface area contributed by atoms with Crippen molar-refractivity contribution in [2.24, 2.45) is 0 Å². The number of nitrogens with one attached hydrogen (secondary N) is 2. The standard InChI is InChI=1S/C22H19N3O4S2/c26-17-11-5-4-10-16(17)20(28)24-23-19(27)13-14-25-21(29)18(31-22(25)30)12-6-9-15-7-2-1-3-8-15/h1-12,26H,13-14H2,(H,23,27)(H,24,28). The Labute approximate surface area is 188 Å². The first kappa shape index (κ1) is 22.3. The number of aromatic hydroxyl groups is 1. The molecule has 0 spiro atoms. The van der Waals surface area contributed by atoms with Crippen LogP contribution in [0.25, 0.3) is 6.08 Å². The molecule has 1 aliphatic rings. The van der Waals surface area contributed by atoms with Crippen LogP contribution in [0.15, 0.2) is 71.7 Å². The number of nitrogens with zero attached hydrogens (tertiary/aromatic N) is 1. The Kier molecular flexibility index (Phi) is 7.58. The maximum Gasteiger partial charge on any atom is 0.273 e. The second-order valence-corrected chi connectivity index (χ2v) is 8.07. The molecule has 9 heteroatoms. The Morgan fingerprint density at radius 3 is 2.52 bits per heavy atom. The molecule has 1 heterocycles. The molecule has 1 saturated heterocycles. The fourth-order valence-corrected chi connectivity index (χ4v) is 3.91. The molecule has 3 rings (SSSR count). The Morgan fingerprint density at radius 1 is 1.06 bits per heavy atom. The minimum Gasteiger partial charge on any atom is -0.507 e. The van der Waals surface area contributed by atoms with Gasteiger partial charge in [-0.2, -0.15) is 0 Å². The zero-order valence-electron chi connectivity index (χ0n) is 16.3. The molecule has 1 fully saturated rings. The number of amides is 3. The first-order chi connectivity index (χ1) is 15.0. The summed E-state index contributed by atoms with van der Waals surface area (Å²) in [5.41, 5.74) is 5.54. The Balaban J connectivity index is 1.49. The Bertz CT molecular complexity index is 1070. The van der Waals surface area contributed by atoms with Crippen LogP contribution in [0.2, 0.25) is 0 Å². The van der Waals surface area contributed by atoms with Gasteiger partial charge in [0.05, 0.1) is 10.5 Å². The number of carbonyl (C=O) groups is 3. The number of phenolic OH excluding ortho intramolecular Hbond substituents is 1. The summed E-state index contributed by atoms with van der Waals surface area (Å²) in [5, 5.41) is 9.66. The lowest BCUT2D eigenvalue weighted by Crippen LogP contribution is -2.43. The molecule has 7 nitrogen and oxygen atoms in total. The average Bonchev–Trinajstić information content (AvgIpc) is 3.04. The fourth-order valence-electron chi connectivity index (χ4n) is 2.65. The van der Waals surface area contributed by atoms with E-state index in [0.29, 0.717) is 9.23 Å². The summed E-state index contributed by atoms with van der Waals surface area (Å²) >= 11 is 6.42. The van der Waals surface area contributed by atoms with Crippen LogP contribution in [0.1, 0.15) is 22.3 Å². The zero-order valence-corrected chi connectivity index (χ0v) is 17.9. The van der Waals surface area contributed by atoms with Gasteiger partial charge in [0.2, 0.25) is 5.91 Å². The number of hydrogen-bond acceptors (Lipinski definition) is 6. The first-order valence-electron chi connectivity index (χ1n) is 9.30. The number of para-hydroxylation sites is 1. The topological polar surface area (TPSA) is 98.7 Å². The summed E-state index contributed by atoms with van der Waals surface area (Å²) in [6, 6.07) is 15.6. The van der Waals surface area contributed by atoms with Gasteiger partial charge in [-0.1, -0.05) is 78.6 Å². The third-order valence-electron chi connectivity index (χ3n) is 4.24. The lowest BCUT2D eigenvalue weighted by molar-refractivity contribution is -0.124. The van der Waals surface area contributed by atoms with Gasteiger partial charge in [0, 0.05) is 13.0 Å². The van der Waals surface area contributed by atoms with Crippen molar-refractivity contribution in [3.05, 3.63) is 82.8 Å². The van der Waals surface area contributed by atoms with E-state index in [2.05, 4.69) is 10.9 Å². The predicted octanol–water partition coefficient (Wildman–Crippen LogP) is 3.00. The molecule has 0 atom stereocenters. The number of hydrazine groups is 1. The second-order valence-electron chi connectivity index (χ2n) is 6.39. The lowest BCUT2D eigenvalue weighted by Gasteiger charge is -2.14. The van der Waals surface area contributed by atoms with E-state index in [4.69, 9.17) is 12.2 Å². The zero-order chi connectivity index (χ0) is 22.2. The minimum absolute atomic E-state index is 0.0356. The molecule has 0 aliphatic carbocycles. The van der Waals surface area contributed by atoms with Crippen molar-refractivity contribution < 1.29 is 19.5 Å². The van der Waals surface area contributed by atoms with Gasteiger partial charge in [0.1, 0.15) is 10.1 Å². The average molecular weight is 454 g/mol. The van der Waals surface area contributed by atoms with Crippen LogP contribution in [-0.4, -0.2) is 38.6 Å². The fraction of sp³-hybridized carbons (Fsp3) is 0.0909. The number of allylic oxidation sites excluding steroid dienone is 2. The van der Waals surface area contributed by atoms with E-state index < -0.39 is 11.8 Å². The van der Waals surface area contributed by atoms with Crippen LogP contribution in [0.4, 0.5) is 0 Å². The van der Waals surface area contributed by atoms with Gasteiger partial charge in [-0.15, -0.1) is 0 Å². The number of phenols is 1. The molecule has 158 valence electrons. The number of thiocarbonyl (C=S) groups is 1. The maximum absolute atomic E-state index is 12.5. The smallest absolute Gasteiger partial charge is 0.273 e. The van der Waals surface area contributed by atoms with E-state index in [1.54, 1.807) is 24.3 Å². The van der Waals surface area contributed by atoms with Crippen LogP contribution >= 0.6 is 24.0 Å². The summed E-state index contributed by atoms with van der Waals surface area (Å²) in [6.45, 7) is 0.0860. The molecule has 0 saturated carbocycles. The summed E-state index contributed by atoms with van der Waals surface area (Å²) in [7, 11) is 0. The lowest BCUT2D eigenvalue weighted by atomic mass is 10.2. The van der Waals surface area contributed by atoms with Crippen molar-refractivity contribution >= 4 is 52.1 Å². The Morgan fingerprint density at radius 2 is 1.77 bits per heavy atom. The largest absolute Gasteiger partial charge is 0.507 e. The molecule has 0 radical (unpaired) electrons. The van der Waals surface area contributed by atoms with E-state index >= 15 is 0 Å². The molecule has 2 aromatic carbocycles.